The number of halogens is 1. The van der Waals surface area contributed by atoms with Crippen molar-refractivity contribution in [3.63, 3.8) is 0 Å². The van der Waals surface area contributed by atoms with Gasteiger partial charge in [-0.25, -0.2) is 0 Å². The molecule has 1 N–H and O–H groups in total. The lowest BCUT2D eigenvalue weighted by Crippen LogP contribution is -2.39. The Hall–Kier alpha value is -2.49. The maximum atomic E-state index is 11.5. The van der Waals surface area contributed by atoms with E-state index in [1.165, 1.54) is 0 Å². The summed E-state index contributed by atoms with van der Waals surface area (Å²) >= 11 is 6.57. The van der Waals surface area contributed by atoms with Gasteiger partial charge in [-0.15, -0.1) is 0 Å². The second-order valence-corrected chi connectivity index (χ2v) is 7.70. The molecule has 144 valence electrons. The summed E-state index contributed by atoms with van der Waals surface area (Å²) in [7, 11) is 1.65. The smallest absolute Gasteiger partial charge is 0.235 e. The lowest BCUT2D eigenvalue weighted by molar-refractivity contribution is -0.161. The standard InChI is InChI=1S/C24H23ClO3/c1-15-13-21-22(16(2)23(15)25)20(17-9-11-19(27-3)12-10-17)14-24(26,28-21)18-7-5-4-6-8-18/h4-13,20,26H,14H2,1-3H3. The van der Waals surface area contributed by atoms with Crippen LogP contribution in [0.25, 0.3) is 0 Å². The first-order valence-corrected chi connectivity index (χ1v) is 9.71. The number of hydrogen-bond donors (Lipinski definition) is 1. The molecule has 0 saturated carbocycles. The van der Waals surface area contributed by atoms with E-state index in [2.05, 4.69) is 0 Å². The minimum atomic E-state index is -1.41. The van der Waals surface area contributed by atoms with Crippen molar-refractivity contribution >= 4 is 11.6 Å². The highest BCUT2D eigenvalue weighted by Gasteiger charge is 2.42. The zero-order valence-electron chi connectivity index (χ0n) is 16.2. The van der Waals surface area contributed by atoms with Crippen LogP contribution in [0.1, 0.15) is 40.2 Å². The van der Waals surface area contributed by atoms with E-state index < -0.39 is 5.79 Å². The molecule has 1 aliphatic heterocycles. The van der Waals surface area contributed by atoms with Gasteiger partial charge in [-0.3, -0.25) is 0 Å². The predicted molar refractivity (Wildman–Crippen MR) is 111 cm³/mol. The first-order chi connectivity index (χ1) is 13.4. The van der Waals surface area contributed by atoms with Gasteiger partial charge >= 0.3 is 0 Å². The van der Waals surface area contributed by atoms with Gasteiger partial charge in [0, 0.05) is 28.5 Å². The van der Waals surface area contributed by atoms with Crippen molar-refractivity contribution in [2.75, 3.05) is 7.11 Å². The van der Waals surface area contributed by atoms with Crippen LogP contribution >= 0.6 is 11.6 Å². The van der Waals surface area contributed by atoms with Gasteiger partial charge in [0.2, 0.25) is 5.79 Å². The van der Waals surface area contributed by atoms with Crippen molar-refractivity contribution in [3.8, 4) is 11.5 Å². The molecule has 3 nitrogen and oxygen atoms in total. The summed E-state index contributed by atoms with van der Waals surface area (Å²) in [5, 5.41) is 12.2. The van der Waals surface area contributed by atoms with E-state index in [0.29, 0.717) is 12.2 Å². The van der Waals surface area contributed by atoms with Crippen LogP contribution in [0.3, 0.4) is 0 Å². The molecule has 0 bridgehead atoms. The molecule has 1 aliphatic rings. The third-order valence-electron chi connectivity index (χ3n) is 5.54. The normalized spacial score (nSPS) is 21.0. The van der Waals surface area contributed by atoms with E-state index in [1.54, 1.807) is 7.11 Å². The van der Waals surface area contributed by atoms with E-state index in [0.717, 1.165) is 38.6 Å². The largest absolute Gasteiger partial charge is 0.497 e. The van der Waals surface area contributed by atoms with Gasteiger partial charge in [0.15, 0.2) is 0 Å². The van der Waals surface area contributed by atoms with E-state index in [4.69, 9.17) is 21.1 Å². The topological polar surface area (TPSA) is 38.7 Å². The van der Waals surface area contributed by atoms with E-state index >= 15 is 0 Å². The van der Waals surface area contributed by atoms with Gasteiger partial charge in [-0.1, -0.05) is 54.1 Å². The molecule has 0 saturated heterocycles. The van der Waals surface area contributed by atoms with E-state index in [9.17, 15) is 5.11 Å². The van der Waals surface area contributed by atoms with Crippen LogP contribution in [-0.2, 0) is 5.79 Å². The highest BCUT2D eigenvalue weighted by Crippen LogP contribution is 2.50. The fourth-order valence-electron chi connectivity index (χ4n) is 4.05. The molecule has 0 fully saturated rings. The molecule has 1 heterocycles. The molecule has 3 aromatic carbocycles. The Balaban J connectivity index is 1.89. The lowest BCUT2D eigenvalue weighted by Gasteiger charge is -2.40. The molecule has 2 atom stereocenters. The summed E-state index contributed by atoms with van der Waals surface area (Å²) in [6, 6.07) is 19.4. The maximum absolute atomic E-state index is 11.5. The van der Waals surface area contributed by atoms with Crippen LogP contribution in [0.2, 0.25) is 5.02 Å². The van der Waals surface area contributed by atoms with Gasteiger partial charge in [0.05, 0.1) is 7.11 Å². The molecule has 4 rings (SSSR count). The zero-order chi connectivity index (χ0) is 19.9. The number of rotatable bonds is 3. The van der Waals surface area contributed by atoms with Crippen molar-refractivity contribution < 1.29 is 14.6 Å². The Bertz CT molecular complexity index is 999. The van der Waals surface area contributed by atoms with Gasteiger partial charge in [-0.05, 0) is 48.7 Å². The predicted octanol–water partition coefficient (Wildman–Crippen LogP) is 5.73. The van der Waals surface area contributed by atoms with Crippen LogP contribution in [0.15, 0.2) is 60.7 Å². The Morgan fingerprint density at radius 2 is 1.75 bits per heavy atom. The van der Waals surface area contributed by atoms with Crippen molar-refractivity contribution in [2.45, 2.75) is 32.0 Å². The maximum Gasteiger partial charge on any atom is 0.235 e. The Kier molecular flexibility index (Phi) is 4.82. The first-order valence-electron chi connectivity index (χ1n) is 9.33. The number of hydrogen-bond acceptors (Lipinski definition) is 3. The molecule has 2 unspecified atom stereocenters. The molecule has 3 aromatic rings. The van der Waals surface area contributed by atoms with E-state index in [1.807, 2.05) is 74.5 Å². The molecule has 0 spiro atoms. The summed E-state index contributed by atoms with van der Waals surface area (Å²) in [4.78, 5) is 0. The van der Waals surface area contributed by atoms with Gasteiger partial charge in [0.1, 0.15) is 11.5 Å². The van der Waals surface area contributed by atoms with Crippen molar-refractivity contribution in [1.29, 1.82) is 0 Å². The molecular weight excluding hydrogens is 372 g/mol. The third kappa shape index (κ3) is 3.15. The molecule has 4 heteroatoms. The van der Waals surface area contributed by atoms with Crippen LogP contribution < -0.4 is 9.47 Å². The monoisotopic (exact) mass is 394 g/mol. The fourth-order valence-corrected chi connectivity index (χ4v) is 4.21. The molecule has 0 aromatic heterocycles. The van der Waals surface area contributed by atoms with Crippen molar-refractivity contribution in [3.05, 3.63) is 93.5 Å². The van der Waals surface area contributed by atoms with Crippen molar-refractivity contribution in [1.82, 2.24) is 0 Å². The highest BCUT2D eigenvalue weighted by atomic mass is 35.5. The van der Waals surface area contributed by atoms with Crippen molar-refractivity contribution in [2.24, 2.45) is 0 Å². The van der Waals surface area contributed by atoms with E-state index in [-0.39, 0.29) is 5.92 Å². The molecule has 0 radical (unpaired) electrons. The summed E-state index contributed by atoms with van der Waals surface area (Å²) in [5.41, 5.74) is 4.78. The van der Waals surface area contributed by atoms with Crippen LogP contribution in [0, 0.1) is 13.8 Å². The van der Waals surface area contributed by atoms with Gasteiger partial charge in [0.25, 0.3) is 0 Å². The number of aryl methyl sites for hydroxylation is 1. The summed E-state index contributed by atoms with van der Waals surface area (Å²) in [6.07, 6.45) is 0.399. The first kappa shape index (κ1) is 18.9. The molecular formula is C24H23ClO3. The average Bonchev–Trinajstić information content (AvgIpc) is 2.72. The number of aliphatic hydroxyl groups is 1. The number of fused-ring (bicyclic) bond motifs is 1. The summed E-state index contributed by atoms with van der Waals surface area (Å²) in [6.45, 7) is 3.97. The molecule has 28 heavy (non-hydrogen) atoms. The van der Waals surface area contributed by atoms with Gasteiger partial charge < -0.3 is 14.6 Å². The molecule has 0 aliphatic carbocycles. The Labute approximate surface area is 170 Å². The average molecular weight is 395 g/mol. The molecule has 0 amide bonds. The summed E-state index contributed by atoms with van der Waals surface area (Å²) < 4.78 is 11.5. The fraction of sp³-hybridized carbons (Fsp3) is 0.250. The minimum absolute atomic E-state index is 0.0574. The number of benzene rings is 3. The van der Waals surface area contributed by atoms with Crippen LogP contribution in [0.4, 0.5) is 0 Å². The van der Waals surface area contributed by atoms with Gasteiger partial charge in [-0.2, -0.15) is 0 Å². The SMILES string of the molecule is COc1ccc(C2CC(O)(c3ccccc3)Oc3cc(C)c(Cl)c(C)c32)cc1. The lowest BCUT2D eigenvalue weighted by atomic mass is 9.79. The Morgan fingerprint density at radius 3 is 2.39 bits per heavy atom. The second-order valence-electron chi connectivity index (χ2n) is 7.33. The highest BCUT2D eigenvalue weighted by molar-refractivity contribution is 6.32. The Morgan fingerprint density at radius 1 is 1.07 bits per heavy atom. The third-order valence-corrected chi connectivity index (χ3v) is 6.13. The summed E-state index contributed by atoms with van der Waals surface area (Å²) in [5.74, 6) is 0.00904. The minimum Gasteiger partial charge on any atom is -0.497 e. The second kappa shape index (κ2) is 7.16. The zero-order valence-corrected chi connectivity index (χ0v) is 17.0. The van der Waals surface area contributed by atoms with Crippen LogP contribution in [0.5, 0.6) is 11.5 Å². The van der Waals surface area contributed by atoms with Crippen LogP contribution in [-0.4, -0.2) is 12.2 Å². The number of methoxy groups -OCH3 is 1. The quantitative estimate of drug-likeness (QED) is 0.617. The number of ether oxygens (including phenoxy) is 2.